The Labute approximate surface area is 136 Å². The highest BCUT2D eigenvalue weighted by Crippen LogP contribution is 2.31. The second-order valence-corrected chi connectivity index (χ2v) is 7.34. The van der Waals surface area contributed by atoms with E-state index in [2.05, 4.69) is 48.8 Å². The molecule has 1 aromatic carbocycles. The Morgan fingerprint density at radius 2 is 2.24 bits per heavy atom. The Morgan fingerprint density at radius 3 is 2.81 bits per heavy atom. The smallest absolute Gasteiger partial charge is 0.133 e. The lowest BCUT2D eigenvalue weighted by Gasteiger charge is -2.20. The molecular formula is C17H26BrNO2. The molecule has 1 saturated heterocycles. The minimum Gasteiger partial charge on any atom is -0.490 e. The predicted molar refractivity (Wildman–Crippen MR) is 89.8 cm³/mol. The summed E-state index contributed by atoms with van der Waals surface area (Å²) in [6, 6.07) is 6.43. The minimum atomic E-state index is -0.00852. The molecule has 0 saturated carbocycles. The van der Waals surface area contributed by atoms with Crippen LogP contribution in [0.2, 0.25) is 0 Å². The zero-order valence-electron chi connectivity index (χ0n) is 13.2. The first-order valence-electron chi connectivity index (χ1n) is 7.74. The third kappa shape index (κ3) is 4.97. The Bertz CT molecular complexity index is 476. The monoisotopic (exact) mass is 355 g/mol. The molecule has 0 bridgehead atoms. The summed E-state index contributed by atoms with van der Waals surface area (Å²) in [5.74, 6) is 0.872. The molecule has 1 aliphatic rings. The van der Waals surface area contributed by atoms with E-state index in [0.717, 1.165) is 35.9 Å². The van der Waals surface area contributed by atoms with E-state index in [9.17, 15) is 0 Å². The van der Waals surface area contributed by atoms with Gasteiger partial charge in [-0.25, -0.2) is 0 Å². The van der Waals surface area contributed by atoms with Crippen LogP contribution in [-0.4, -0.2) is 24.4 Å². The van der Waals surface area contributed by atoms with Crippen LogP contribution in [0, 0.1) is 0 Å². The van der Waals surface area contributed by atoms with Crippen molar-refractivity contribution in [2.75, 3.05) is 6.61 Å². The van der Waals surface area contributed by atoms with E-state index in [0.29, 0.717) is 6.61 Å². The van der Waals surface area contributed by atoms with E-state index in [-0.39, 0.29) is 17.7 Å². The SMILES string of the molecule is CCC(N)Cc1ccc(OCC2CCC(C)(C)O2)c(Br)c1. The van der Waals surface area contributed by atoms with E-state index < -0.39 is 0 Å². The number of halogens is 1. The molecule has 2 atom stereocenters. The standard InChI is InChI=1S/C17H26BrNO2/c1-4-13(19)9-12-5-6-16(15(18)10-12)20-11-14-7-8-17(2,3)21-14/h5-6,10,13-14H,4,7-9,11,19H2,1-3H3. The Morgan fingerprint density at radius 1 is 1.48 bits per heavy atom. The van der Waals surface area contributed by atoms with Crippen molar-refractivity contribution in [2.24, 2.45) is 5.73 Å². The fourth-order valence-corrected chi connectivity index (χ4v) is 3.15. The number of ether oxygens (including phenoxy) is 2. The highest BCUT2D eigenvalue weighted by atomic mass is 79.9. The van der Waals surface area contributed by atoms with Gasteiger partial charge in [-0.2, -0.15) is 0 Å². The maximum atomic E-state index is 6.00. The van der Waals surface area contributed by atoms with Crippen molar-refractivity contribution < 1.29 is 9.47 Å². The average Bonchev–Trinajstić information content (AvgIpc) is 2.77. The third-order valence-electron chi connectivity index (χ3n) is 4.00. The summed E-state index contributed by atoms with van der Waals surface area (Å²) in [6.07, 6.45) is 4.24. The van der Waals surface area contributed by atoms with Gasteiger partial charge in [0.05, 0.1) is 16.2 Å². The predicted octanol–water partition coefficient (Wildman–Crippen LogP) is 4.07. The Balaban J connectivity index is 1.89. The first-order valence-corrected chi connectivity index (χ1v) is 8.53. The molecule has 118 valence electrons. The van der Waals surface area contributed by atoms with Crippen LogP contribution >= 0.6 is 15.9 Å². The van der Waals surface area contributed by atoms with Crippen molar-refractivity contribution in [3.8, 4) is 5.75 Å². The van der Waals surface area contributed by atoms with Crippen molar-refractivity contribution in [3.05, 3.63) is 28.2 Å². The molecule has 2 unspecified atom stereocenters. The van der Waals surface area contributed by atoms with Crippen LogP contribution in [0.4, 0.5) is 0 Å². The van der Waals surface area contributed by atoms with Crippen molar-refractivity contribution in [3.63, 3.8) is 0 Å². The van der Waals surface area contributed by atoms with Crippen LogP contribution < -0.4 is 10.5 Å². The van der Waals surface area contributed by atoms with Gasteiger partial charge < -0.3 is 15.2 Å². The summed E-state index contributed by atoms with van der Waals surface area (Å²) in [5.41, 5.74) is 7.23. The van der Waals surface area contributed by atoms with Crippen LogP contribution in [0.15, 0.2) is 22.7 Å². The van der Waals surface area contributed by atoms with E-state index >= 15 is 0 Å². The molecular weight excluding hydrogens is 330 g/mol. The average molecular weight is 356 g/mol. The third-order valence-corrected chi connectivity index (χ3v) is 4.62. The first-order chi connectivity index (χ1) is 9.89. The van der Waals surface area contributed by atoms with Crippen molar-refractivity contribution in [1.82, 2.24) is 0 Å². The zero-order chi connectivity index (χ0) is 15.5. The van der Waals surface area contributed by atoms with E-state index in [1.807, 2.05) is 6.07 Å². The number of benzene rings is 1. The molecule has 0 radical (unpaired) electrons. The number of rotatable bonds is 6. The lowest BCUT2D eigenvalue weighted by molar-refractivity contribution is -0.0327. The summed E-state index contributed by atoms with van der Waals surface area (Å²) in [5, 5.41) is 0. The quantitative estimate of drug-likeness (QED) is 0.836. The van der Waals surface area contributed by atoms with Gasteiger partial charge in [0.2, 0.25) is 0 Å². The van der Waals surface area contributed by atoms with Gasteiger partial charge in [-0.1, -0.05) is 13.0 Å². The molecule has 0 aromatic heterocycles. The fourth-order valence-electron chi connectivity index (χ4n) is 2.61. The maximum Gasteiger partial charge on any atom is 0.133 e. The molecule has 0 spiro atoms. The maximum absolute atomic E-state index is 6.00. The van der Waals surface area contributed by atoms with Gasteiger partial charge in [0.25, 0.3) is 0 Å². The summed E-state index contributed by atoms with van der Waals surface area (Å²) in [6.45, 7) is 6.99. The fraction of sp³-hybridized carbons (Fsp3) is 0.647. The van der Waals surface area contributed by atoms with Gasteiger partial charge in [0.1, 0.15) is 12.4 Å². The van der Waals surface area contributed by atoms with Crippen LogP contribution in [0.3, 0.4) is 0 Å². The van der Waals surface area contributed by atoms with Gasteiger partial charge in [0.15, 0.2) is 0 Å². The minimum absolute atomic E-state index is 0.00852. The summed E-state index contributed by atoms with van der Waals surface area (Å²) < 4.78 is 12.8. The highest BCUT2D eigenvalue weighted by molar-refractivity contribution is 9.10. The van der Waals surface area contributed by atoms with Gasteiger partial charge in [0, 0.05) is 6.04 Å². The second-order valence-electron chi connectivity index (χ2n) is 6.49. The normalized spacial score (nSPS) is 22.2. The van der Waals surface area contributed by atoms with Gasteiger partial charge >= 0.3 is 0 Å². The molecule has 2 rings (SSSR count). The Hall–Kier alpha value is -0.580. The number of hydrogen-bond donors (Lipinski definition) is 1. The van der Waals surface area contributed by atoms with Crippen molar-refractivity contribution in [2.45, 2.75) is 64.2 Å². The van der Waals surface area contributed by atoms with Gasteiger partial charge in [-0.05, 0) is 73.2 Å². The van der Waals surface area contributed by atoms with Crippen molar-refractivity contribution in [1.29, 1.82) is 0 Å². The number of hydrogen-bond acceptors (Lipinski definition) is 3. The van der Waals surface area contributed by atoms with Gasteiger partial charge in [-0.3, -0.25) is 0 Å². The lowest BCUT2D eigenvalue weighted by Crippen LogP contribution is -2.24. The molecule has 0 aliphatic carbocycles. The van der Waals surface area contributed by atoms with Crippen LogP contribution in [0.25, 0.3) is 0 Å². The molecule has 1 aromatic rings. The second kappa shape index (κ2) is 7.12. The largest absolute Gasteiger partial charge is 0.490 e. The van der Waals surface area contributed by atoms with Crippen LogP contribution in [-0.2, 0) is 11.2 Å². The van der Waals surface area contributed by atoms with E-state index in [1.165, 1.54) is 5.56 Å². The van der Waals surface area contributed by atoms with E-state index in [4.69, 9.17) is 15.2 Å². The first kappa shape index (κ1) is 16.8. The molecule has 4 heteroatoms. The summed E-state index contributed by atoms with van der Waals surface area (Å²) >= 11 is 3.58. The lowest BCUT2D eigenvalue weighted by atomic mass is 10.0. The van der Waals surface area contributed by atoms with Gasteiger partial charge in [-0.15, -0.1) is 0 Å². The van der Waals surface area contributed by atoms with Crippen LogP contribution in [0.1, 0.15) is 45.6 Å². The molecule has 0 amide bonds. The molecule has 1 fully saturated rings. The Kier molecular flexibility index (Phi) is 5.69. The molecule has 1 aliphatic heterocycles. The molecule has 3 nitrogen and oxygen atoms in total. The summed E-state index contributed by atoms with van der Waals surface area (Å²) in [7, 11) is 0. The zero-order valence-corrected chi connectivity index (χ0v) is 14.8. The highest BCUT2D eigenvalue weighted by Gasteiger charge is 2.31. The molecule has 1 heterocycles. The summed E-state index contributed by atoms with van der Waals surface area (Å²) in [4.78, 5) is 0. The van der Waals surface area contributed by atoms with Crippen LogP contribution in [0.5, 0.6) is 5.75 Å². The molecule has 2 N–H and O–H groups in total. The number of nitrogens with two attached hydrogens (primary N) is 1. The molecule has 21 heavy (non-hydrogen) atoms. The van der Waals surface area contributed by atoms with E-state index in [1.54, 1.807) is 0 Å². The van der Waals surface area contributed by atoms with Crippen molar-refractivity contribution >= 4 is 15.9 Å². The topological polar surface area (TPSA) is 44.5 Å².